The Bertz CT molecular complexity index is 564. The molecule has 2 heterocycles. The molecule has 2 aliphatic heterocycles. The van der Waals surface area contributed by atoms with Crippen molar-refractivity contribution in [2.75, 3.05) is 7.05 Å². The molecule has 2 aliphatic rings. The van der Waals surface area contributed by atoms with Gasteiger partial charge in [0, 0.05) is 18.0 Å². The highest BCUT2D eigenvalue weighted by Gasteiger charge is 2.49. The maximum Gasteiger partial charge on any atom is 0.311 e. The summed E-state index contributed by atoms with van der Waals surface area (Å²) in [5.74, 6) is 0.282. The van der Waals surface area contributed by atoms with Crippen molar-refractivity contribution in [3.63, 3.8) is 0 Å². The molecule has 2 fully saturated rings. The Morgan fingerprint density at radius 1 is 1.21 bits per heavy atom. The smallest absolute Gasteiger partial charge is 0.311 e. The second kappa shape index (κ2) is 7.26. The summed E-state index contributed by atoms with van der Waals surface area (Å²) in [4.78, 5) is 15.5. The van der Waals surface area contributed by atoms with Crippen molar-refractivity contribution in [2.24, 2.45) is 5.92 Å². The van der Waals surface area contributed by atoms with Crippen molar-refractivity contribution in [1.29, 1.82) is 0 Å². The number of nitrogens with zero attached hydrogens (tertiary/aromatic N) is 1. The van der Waals surface area contributed by atoms with E-state index < -0.39 is 0 Å². The zero-order chi connectivity index (χ0) is 17.3. The lowest BCUT2D eigenvalue weighted by molar-refractivity contribution is -0.159. The Kier molecular flexibility index (Phi) is 5.29. The molecule has 0 aliphatic carbocycles. The van der Waals surface area contributed by atoms with Crippen LogP contribution in [0.4, 0.5) is 0 Å². The fourth-order valence-electron chi connectivity index (χ4n) is 4.64. The Hall–Kier alpha value is -1.35. The summed E-state index contributed by atoms with van der Waals surface area (Å²) in [6.07, 6.45) is 5.24. The number of benzene rings is 1. The van der Waals surface area contributed by atoms with Crippen LogP contribution in [0.2, 0.25) is 0 Å². The molecule has 0 amide bonds. The van der Waals surface area contributed by atoms with Crippen LogP contribution < -0.4 is 0 Å². The first kappa shape index (κ1) is 17.5. The third-order valence-electron chi connectivity index (χ3n) is 6.24. The zero-order valence-corrected chi connectivity index (χ0v) is 15.5. The standard InChI is InChI=1S/C21H31NO2/c1-5-17(6-2)24-21(23)20-18(15-9-7-14(3)8-10-15)13-16-11-12-19(20)22(16)4/h7-10,16-20H,5-6,11-13H2,1-4H3/t16?,18-,19?,20?/m1/s1. The summed E-state index contributed by atoms with van der Waals surface area (Å²) in [5.41, 5.74) is 2.57. The number of esters is 1. The lowest BCUT2D eigenvalue weighted by Gasteiger charge is -2.42. The molecule has 2 bridgehead atoms. The number of ether oxygens (including phenoxy) is 1. The van der Waals surface area contributed by atoms with Crippen molar-refractivity contribution in [1.82, 2.24) is 4.90 Å². The van der Waals surface area contributed by atoms with Crippen LogP contribution in [-0.2, 0) is 9.53 Å². The van der Waals surface area contributed by atoms with Crippen LogP contribution >= 0.6 is 0 Å². The van der Waals surface area contributed by atoms with E-state index in [0.717, 1.165) is 25.7 Å². The van der Waals surface area contributed by atoms with Gasteiger partial charge in [-0.25, -0.2) is 0 Å². The van der Waals surface area contributed by atoms with Gasteiger partial charge in [0.2, 0.25) is 0 Å². The minimum atomic E-state index is -0.0305. The van der Waals surface area contributed by atoms with Crippen LogP contribution in [0.3, 0.4) is 0 Å². The highest BCUT2D eigenvalue weighted by molar-refractivity contribution is 5.75. The monoisotopic (exact) mass is 329 g/mol. The molecule has 4 atom stereocenters. The highest BCUT2D eigenvalue weighted by atomic mass is 16.5. The third kappa shape index (κ3) is 3.23. The minimum Gasteiger partial charge on any atom is -0.462 e. The van der Waals surface area contributed by atoms with E-state index in [9.17, 15) is 4.79 Å². The molecular formula is C21H31NO2. The lowest BCUT2D eigenvalue weighted by Crippen LogP contribution is -2.49. The first-order valence-corrected chi connectivity index (χ1v) is 9.54. The molecule has 3 nitrogen and oxygen atoms in total. The minimum absolute atomic E-state index is 0.0199. The van der Waals surface area contributed by atoms with E-state index in [-0.39, 0.29) is 18.0 Å². The summed E-state index contributed by atoms with van der Waals surface area (Å²) < 4.78 is 5.90. The molecule has 0 saturated carbocycles. The van der Waals surface area contributed by atoms with Gasteiger partial charge < -0.3 is 4.74 Å². The molecule has 1 aromatic rings. The summed E-state index contributed by atoms with van der Waals surface area (Å²) in [6.45, 7) is 6.30. The topological polar surface area (TPSA) is 29.5 Å². The number of hydrogen-bond donors (Lipinski definition) is 0. The summed E-state index contributed by atoms with van der Waals surface area (Å²) in [7, 11) is 2.19. The van der Waals surface area contributed by atoms with Crippen molar-refractivity contribution in [2.45, 2.75) is 77.0 Å². The number of carbonyl (C=O) groups is 1. The maximum absolute atomic E-state index is 13.1. The van der Waals surface area contributed by atoms with E-state index in [4.69, 9.17) is 4.74 Å². The van der Waals surface area contributed by atoms with Crippen molar-refractivity contribution in [3.05, 3.63) is 35.4 Å². The molecular weight excluding hydrogens is 298 g/mol. The lowest BCUT2D eigenvalue weighted by atomic mass is 9.76. The summed E-state index contributed by atoms with van der Waals surface area (Å²) >= 11 is 0. The second-order valence-corrected chi connectivity index (χ2v) is 7.62. The van der Waals surface area contributed by atoms with Crippen LogP contribution in [-0.4, -0.2) is 36.1 Å². The number of aryl methyl sites for hydroxylation is 1. The fraction of sp³-hybridized carbons (Fsp3) is 0.667. The average molecular weight is 329 g/mol. The van der Waals surface area contributed by atoms with Gasteiger partial charge in [-0.05, 0) is 51.6 Å². The Morgan fingerprint density at radius 3 is 2.50 bits per heavy atom. The molecule has 132 valence electrons. The fourth-order valence-corrected chi connectivity index (χ4v) is 4.64. The highest BCUT2D eigenvalue weighted by Crippen LogP contribution is 2.46. The van der Waals surface area contributed by atoms with Crippen LogP contribution in [0.25, 0.3) is 0 Å². The molecule has 3 rings (SSSR count). The molecule has 0 spiro atoms. The number of fused-ring (bicyclic) bond motifs is 2. The number of piperidine rings is 1. The number of rotatable bonds is 5. The largest absolute Gasteiger partial charge is 0.462 e. The van der Waals surface area contributed by atoms with E-state index in [1.54, 1.807) is 0 Å². The zero-order valence-electron chi connectivity index (χ0n) is 15.5. The molecule has 0 N–H and O–H groups in total. The van der Waals surface area contributed by atoms with Gasteiger partial charge in [-0.15, -0.1) is 0 Å². The molecule has 24 heavy (non-hydrogen) atoms. The van der Waals surface area contributed by atoms with Gasteiger partial charge in [-0.2, -0.15) is 0 Å². The molecule has 2 saturated heterocycles. The van der Waals surface area contributed by atoms with E-state index >= 15 is 0 Å². The maximum atomic E-state index is 13.1. The SMILES string of the molecule is CCC(CC)OC(=O)C1C2CCC(C[C@@H]1c1ccc(C)cc1)N2C. The molecule has 0 aromatic heterocycles. The molecule has 0 radical (unpaired) electrons. The Balaban J connectivity index is 1.87. The predicted molar refractivity (Wildman–Crippen MR) is 97.1 cm³/mol. The normalized spacial score (nSPS) is 29.9. The second-order valence-electron chi connectivity index (χ2n) is 7.62. The first-order valence-electron chi connectivity index (χ1n) is 9.54. The van der Waals surface area contributed by atoms with Crippen LogP contribution in [0, 0.1) is 12.8 Å². The van der Waals surface area contributed by atoms with Gasteiger partial charge in [-0.3, -0.25) is 9.69 Å². The van der Waals surface area contributed by atoms with Crippen LogP contribution in [0.5, 0.6) is 0 Å². The van der Waals surface area contributed by atoms with Crippen molar-refractivity contribution < 1.29 is 9.53 Å². The van der Waals surface area contributed by atoms with Gasteiger partial charge >= 0.3 is 5.97 Å². The van der Waals surface area contributed by atoms with E-state index in [2.05, 4.69) is 57.0 Å². The number of hydrogen-bond acceptors (Lipinski definition) is 3. The third-order valence-corrected chi connectivity index (χ3v) is 6.24. The van der Waals surface area contributed by atoms with Gasteiger partial charge in [-0.1, -0.05) is 43.7 Å². The van der Waals surface area contributed by atoms with E-state index in [0.29, 0.717) is 18.0 Å². The van der Waals surface area contributed by atoms with Gasteiger partial charge in [0.15, 0.2) is 0 Å². The predicted octanol–water partition coefficient (Wildman–Crippen LogP) is 4.29. The Labute approximate surface area is 146 Å². The Morgan fingerprint density at radius 2 is 1.88 bits per heavy atom. The number of carbonyl (C=O) groups excluding carboxylic acids is 1. The summed E-state index contributed by atoms with van der Waals surface area (Å²) in [5, 5.41) is 0. The quantitative estimate of drug-likeness (QED) is 0.755. The molecule has 3 unspecified atom stereocenters. The molecule has 3 heteroatoms. The van der Waals surface area contributed by atoms with Gasteiger partial charge in [0.05, 0.1) is 5.92 Å². The summed E-state index contributed by atoms with van der Waals surface area (Å²) in [6, 6.07) is 9.69. The van der Waals surface area contributed by atoms with Crippen molar-refractivity contribution in [3.8, 4) is 0 Å². The average Bonchev–Trinajstić information content (AvgIpc) is 2.83. The van der Waals surface area contributed by atoms with Gasteiger partial charge in [0.1, 0.15) is 6.10 Å². The first-order chi connectivity index (χ1) is 11.5. The van der Waals surface area contributed by atoms with Crippen LogP contribution in [0.1, 0.15) is 63.0 Å². The molecule has 1 aromatic carbocycles. The van der Waals surface area contributed by atoms with Gasteiger partial charge in [0.25, 0.3) is 0 Å². The van der Waals surface area contributed by atoms with E-state index in [1.807, 2.05) is 0 Å². The van der Waals surface area contributed by atoms with Crippen molar-refractivity contribution >= 4 is 5.97 Å². The van der Waals surface area contributed by atoms with E-state index in [1.165, 1.54) is 17.5 Å². The van der Waals surface area contributed by atoms with Crippen LogP contribution in [0.15, 0.2) is 24.3 Å².